The Labute approximate surface area is 111 Å². The molecule has 0 radical (unpaired) electrons. The summed E-state index contributed by atoms with van der Waals surface area (Å²) in [4.78, 5) is 14.4. The normalized spacial score (nSPS) is 14.6. The largest absolute Gasteiger partial charge is 0.341 e. The van der Waals surface area contributed by atoms with Gasteiger partial charge in [-0.15, -0.1) is 0 Å². The van der Waals surface area contributed by atoms with Crippen LogP contribution in [-0.2, 0) is 4.79 Å². The average molecular weight is 260 g/mol. The summed E-state index contributed by atoms with van der Waals surface area (Å²) in [7, 11) is 1.89. The molecule has 0 fully saturated rings. The van der Waals surface area contributed by atoms with Crippen LogP contribution >= 0.6 is 11.8 Å². The zero-order valence-corrected chi connectivity index (χ0v) is 13.1. The average Bonchev–Trinajstić information content (AvgIpc) is 2.22. The minimum Gasteiger partial charge on any atom is -0.341 e. The van der Waals surface area contributed by atoms with Gasteiger partial charge in [-0.25, -0.2) is 0 Å². The van der Waals surface area contributed by atoms with Gasteiger partial charge in [-0.2, -0.15) is 11.8 Å². The Morgan fingerprint density at radius 1 is 1.35 bits per heavy atom. The topological polar surface area (TPSA) is 46.3 Å². The molecule has 0 aliphatic heterocycles. The predicted octanol–water partition coefficient (Wildman–Crippen LogP) is 2.35. The van der Waals surface area contributed by atoms with Crippen molar-refractivity contribution < 1.29 is 4.79 Å². The fourth-order valence-electron chi connectivity index (χ4n) is 1.58. The number of hydrogen-bond donors (Lipinski definition) is 1. The molecule has 102 valence electrons. The maximum Gasteiger partial charge on any atom is 0.230 e. The van der Waals surface area contributed by atoms with Crippen molar-refractivity contribution in [2.75, 3.05) is 19.1 Å². The van der Waals surface area contributed by atoms with E-state index < -0.39 is 11.0 Å². The van der Waals surface area contributed by atoms with E-state index in [0.29, 0.717) is 6.04 Å². The molecular weight excluding hydrogens is 232 g/mol. The van der Waals surface area contributed by atoms with E-state index in [4.69, 9.17) is 5.73 Å². The molecule has 0 rings (SSSR count). The van der Waals surface area contributed by atoms with Gasteiger partial charge in [-0.3, -0.25) is 4.79 Å². The van der Waals surface area contributed by atoms with E-state index in [0.717, 1.165) is 12.2 Å². The first kappa shape index (κ1) is 16.8. The van der Waals surface area contributed by atoms with Crippen LogP contribution in [-0.4, -0.2) is 41.4 Å². The summed E-state index contributed by atoms with van der Waals surface area (Å²) >= 11 is 1.77. The van der Waals surface area contributed by atoms with Gasteiger partial charge < -0.3 is 10.6 Å². The summed E-state index contributed by atoms with van der Waals surface area (Å²) in [5, 5.41) is 0. The molecule has 1 atom stereocenters. The Bertz CT molecular complexity index is 259. The predicted molar refractivity (Wildman–Crippen MR) is 77.3 cm³/mol. The number of hydrogen-bond acceptors (Lipinski definition) is 3. The maximum atomic E-state index is 12.5. The summed E-state index contributed by atoms with van der Waals surface area (Å²) in [6.07, 6.45) is 3.04. The molecule has 0 aliphatic carbocycles. The molecule has 1 amide bonds. The van der Waals surface area contributed by atoms with Crippen molar-refractivity contribution in [2.45, 2.75) is 52.6 Å². The van der Waals surface area contributed by atoms with Crippen molar-refractivity contribution in [2.24, 2.45) is 11.1 Å². The van der Waals surface area contributed by atoms with E-state index in [2.05, 4.69) is 13.2 Å². The lowest BCUT2D eigenvalue weighted by atomic mass is 9.74. The summed E-state index contributed by atoms with van der Waals surface area (Å²) in [5.74, 6) is 1.10. The molecule has 0 aromatic carbocycles. The Morgan fingerprint density at radius 2 is 1.82 bits per heavy atom. The third-order valence-electron chi connectivity index (χ3n) is 3.84. The molecule has 17 heavy (non-hydrogen) atoms. The maximum absolute atomic E-state index is 12.5. The van der Waals surface area contributed by atoms with Gasteiger partial charge in [-0.1, -0.05) is 6.92 Å². The SMILES string of the molecule is CCC(CSC)N(C)C(=O)C(C)(C)C(C)(C)N. The van der Waals surface area contributed by atoms with Gasteiger partial charge >= 0.3 is 0 Å². The first-order chi connectivity index (χ1) is 7.59. The van der Waals surface area contributed by atoms with Crippen LogP contribution in [0.25, 0.3) is 0 Å². The third kappa shape index (κ3) is 3.88. The van der Waals surface area contributed by atoms with E-state index in [1.54, 1.807) is 11.8 Å². The number of carbonyl (C=O) groups excluding carboxylic acids is 1. The van der Waals surface area contributed by atoms with E-state index in [-0.39, 0.29) is 5.91 Å². The highest BCUT2D eigenvalue weighted by Gasteiger charge is 2.42. The van der Waals surface area contributed by atoms with Crippen LogP contribution in [0.15, 0.2) is 0 Å². The third-order valence-corrected chi connectivity index (χ3v) is 4.56. The first-order valence-corrected chi connectivity index (χ1v) is 7.54. The number of amides is 1. The molecule has 0 saturated carbocycles. The Morgan fingerprint density at radius 3 is 2.12 bits per heavy atom. The van der Waals surface area contributed by atoms with Crippen LogP contribution in [0.1, 0.15) is 41.0 Å². The highest BCUT2D eigenvalue weighted by molar-refractivity contribution is 7.98. The van der Waals surface area contributed by atoms with E-state index in [1.807, 2.05) is 39.6 Å². The molecular formula is C13H28N2OS. The van der Waals surface area contributed by atoms with E-state index in [9.17, 15) is 4.79 Å². The second-order valence-electron chi connectivity index (χ2n) is 5.78. The fraction of sp³-hybridized carbons (Fsp3) is 0.923. The molecule has 0 spiro atoms. The summed E-state index contributed by atoms with van der Waals surface area (Å²) in [6, 6.07) is 0.291. The Balaban J connectivity index is 4.92. The van der Waals surface area contributed by atoms with Crippen molar-refractivity contribution >= 4 is 17.7 Å². The van der Waals surface area contributed by atoms with Gasteiger partial charge in [0.1, 0.15) is 0 Å². The highest BCUT2D eigenvalue weighted by atomic mass is 32.2. The second-order valence-corrected chi connectivity index (χ2v) is 6.69. The van der Waals surface area contributed by atoms with Gasteiger partial charge in [0.05, 0.1) is 5.41 Å². The first-order valence-electron chi connectivity index (χ1n) is 6.14. The molecule has 4 heteroatoms. The standard InChI is InChI=1S/C13H28N2OS/c1-8-10(9-17-7)15(6)11(16)12(2,3)13(4,5)14/h10H,8-9,14H2,1-7H3. The van der Waals surface area contributed by atoms with Crippen LogP contribution in [0.5, 0.6) is 0 Å². The van der Waals surface area contributed by atoms with Crippen LogP contribution in [0.2, 0.25) is 0 Å². The van der Waals surface area contributed by atoms with Crippen molar-refractivity contribution in [3.8, 4) is 0 Å². The van der Waals surface area contributed by atoms with Crippen molar-refractivity contribution in [3.05, 3.63) is 0 Å². The smallest absolute Gasteiger partial charge is 0.230 e. The molecule has 0 heterocycles. The number of thioether (sulfide) groups is 1. The lowest BCUT2D eigenvalue weighted by Crippen LogP contribution is -2.57. The minimum atomic E-state index is -0.548. The molecule has 3 nitrogen and oxygen atoms in total. The van der Waals surface area contributed by atoms with Crippen LogP contribution in [0.4, 0.5) is 0 Å². The van der Waals surface area contributed by atoms with E-state index in [1.165, 1.54) is 0 Å². The van der Waals surface area contributed by atoms with Gasteiger partial charge in [0.25, 0.3) is 0 Å². The zero-order valence-electron chi connectivity index (χ0n) is 12.3. The molecule has 1 unspecified atom stereocenters. The van der Waals surface area contributed by atoms with Crippen LogP contribution < -0.4 is 5.73 Å². The quantitative estimate of drug-likeness (QED) is 0.797. The van der Waals surface area contributed by atoms with Crippen LogP contribution in [0.3, 0.4) is 0 Å². The summed E-state index contributed by atoms with van der Waals surface area (Å²) in [5.41, 5.74) is 5.05. The van der Waals surface area contributed by atoms with Crippen molar-refractivity contribution in [1.29, 1.82) is 0 Å². The number of rotatable bonds is 6. The second kappa shape index (κ2) is 6.10. The van der Waals surface area contributed by atoms with Crippen molar-refractivity contribution in [3.63, 3.8) is 0 Å². The number of carbonyl (C=O) groups is 1. The summed E-state index contributed by atoms with van der Waals surface area (Å²) < 4.78 is 0. The van der Waals surface area contributed by atoms with Gasteiger partial charge in [0, 0.05) is 24.4 Å². The molecule has 0 bridgehead atoms. The lowest BCUT2D eigenvalue weighted by molar-refractivity contribution is -0.143. The van der Waals surface area contributed by atoms with Gasteiger partial charge in [-0.05, 0) is 40.4 Å². The Kier molecular flexibility index (Phi) is 6.02. The minimum absolute atomic E-state index is 0.130. The molecule has 0 aromatic heterocycles. The summed E-state index contributed by atoms with van der Waals surface area (Å²) in [6.45, 7) is 9.79. The fourth-order valence-corrected chi connectivity index (χ4v) is 2.42. The molecule has 2 N–H and O–H groups in total. The van der Waals surface area contributed by atoms with Gasteiger partial charge in [0.15, 0.2) is 0 Å². The lowest BCUT2D eigenvalue weighted by Gasteiger charge is -2.41. The number of nitrogens with two attached hydrogens (primary N) is 1. The highest BCUT2D eigenvalue weighted by Crippen LogP contribution is 2.31. The molecule has 0 saturated heterocycles. The monoisotopic (exact) mass is 260 g/mol. The zero-order chi connectivity index (χ0) is 13.9. The van der Waals surface area contributed by atoms with Gasteiger partial charge in [0.2, 0.25) is 5.91 Å². The van der Waals surface area contributed by atoms with Crippen molar-refractivity contribution in [1.82, 2.24) is 4.90 Å². The Hall–Kier alpha value is -0.220. The number of nitrogens with zero attached hydrogens (tertiary/aromatic N) is 1. The molecule has 0 aromatic rings. The van der Waals surface area contributed by atoms with E-state index >= 15 is 0 Å². The van der Waals surface area contributed by atoms with Crippen LogP contribution in [0, 0.1) is 5.41 Å². The molecule has 0 aliphatic rings.